The van der Waals surface area contributed by atoms with Gasteiger partial charge in [-0.1, -0.05) is 28.1 Å². The molecule has 110 valence electrons. The Kier molecular flexibility index (Phi) is 5.36. The van der Waals surface area contributed by atoms with Crippen LogP contribution in [-0.4, -0.2) is 18.2 Å². The zero-order valence-electron chi connectivity index (χ0n) is 11.6. The van der Waals surface area contributed by atoms with E-state index in [0.29, 0.717) is 5.75 Å². The van der Waals surface area contributed by atoms with E-state index >= 15 is 0 Å². The molecule has 0 fully saturated rings. The van der Waals surface area contributed by atoms with E-state index < -0.39 is 0 Å². The number of rotatable bonds is 4. The van der Waals surface area contributed by atoms with E-state index in [1.54, 1.807) is 13.8 Å². The summed E-state index contributed by atoms with van der Waals surface area (Å²) in [7, 11) is 0. The Balaban J connectivity index is 2.12. The molecule has 1 amide bonds. The highest BCUT2D eigenvalue weighted by Gasteiger charge is 2.08. The van der Waals surface area contributed by atoms with Crippen LogP contribution in [0.3, 0.4) is 0 Å². The van der Waals surface area contributed by atoms with Crippen LogP contribution in [0.1, 0.15) is 13.8 Å². The number of carbonyl (C=O) groups is 1. The number of ether oxygens (including phenoxy) is 1. The maximum atomic E-state index is 11.6. The molecule has 2 rings (SSSR count). The first kappa shape index (κ1) is 16.0. The quantitative estimate of drug-likeness (QED) is 0.601. The molecule has 0 radical (unpaired) electrons. The van der Waals surface area contributed by atoms with Crippen molar-refractivity contribution in [1.82, 2.24) is 5.43 Å². The van der Waals surface area contributed by atoms with E-state index in [-0.39, 0.29) is 12.5 Å². The Bertz CT molecular complexity index is 710. The summed E-state index contributed by atoms with van der Waals surface area (Å²) < 4.78 is 7.37. The zero-order chi connectivity index (χ0) is 15.4. The molecule has 2 aromatic rings. The first-order chi connectivity index (χ1) is 9.97. The van der Waals surface area contributed by atoms with Crippen molar-refractivity contribution in [3.05, 3.63) is 39.3 Å². The standard InChI is InChI=1S/C15H14Br2N2O2/c1-9(2)18-19-14(20)8-21-13-6-3-10-7-11(16)4-5-12(10)15(13)17/h3-7H,8H2,1-2H3,(H,19,20). The number of benzene rings is 2. The third-order valence-electron chi connectivity index (χ3n) is 2.64. The van der Waals surface area contributed by atoms with Crippen molar-refractivity contribution in [1.29, 1.82) is 0 Å². The molecule has 1 N–H and O–H groups in total. The first-order valence-corrected chi connectivity index (χ1v) is 7.86. The van der Waals surface area contributed by atoms with E-state index in [9.17, 15) is 4.79 Å². The fourth-order valence-electron chi connectivity index (χ4n) is 1.70. The van der Waals surface area contributed by atoms with Gasteiger partial charge in [-0.15, -0.1) is 0 Å². The molecule has 0 aliphatic heterocycles. The summed E-state index contributed by atoms with van der Waals surface area (Å²) in [4.78, 5) is 11.6. The maximum Gasteiger partial charge on any atom is 0.277 e. The number of fused-ring (bicyclic) bond motifs is 1. The molecule has 4 nitrogen and oxygen atoms in total. The smallest absolute Gasteiger partial charge is 0.277 e. The van der Waals surface area contributed by atoms with Gasteiger partial charge in [-0.05, 0) is 58.7 Å². The second-order valence-electron chi connectivity index (χ2n) is 4.63. The number of hydrogen-bond acceptors (Lipinski definition) is 3. The number of halogens is 2. The summed E-state index contributed by atoms with van der Waals surface area (Å²) in [6.07, 6.45) is 0. The summed E-state index contributed by atoms with van der Waals surface area (Å²) in [6, 6.07) is 9.76. The zero-order valence-corrected chi connectivity index (χ0v) is 14.8. The van der Waals surface area contributed by atoms with E-state index in [1.807, 2.05) is 30.3 Å². The van der Waals surface area contributed by atoms with Crippen molar-refractivity contribution >= 4 is 54.3 Å². The van der Waals surface area contributed by atoms with Crippen LogP contribution >= 0.6 is 31.9 Å². The van der Waals surface area contributed by atoms with Crippen LogP contribution in [0.2, 0.25) is 0 Å². The highest BCUT2D eigenvalue weighted by Crippen LogP contribution is 2.34. The summed E-state index contributed by atoms with van der Waals surface area (Å²) >= 11 is 6.96. The maximum absolute atomic E-state index is 11.6. The lowest BCUT2D eigenvalue weighted by Gasteiger charge is -2.10. The number of hydrazone groups is 1. The Hall–Kier alpha value is -1.40. The Morgan fingerprint density at radius 1 is 1.24 bits per heavy atom. The van der Waals surface area contributed by atoms with Gasteiger partial charge in [0.05, 0.1) is 4.47 Å². The molecule has 0 aliphatic carbocycles. The highest BCUT2D eigenvalue weighted by atomic mass is 79.9. The Morgan fingerprint density at radius 3 is 2.71 bits per heavy atom. The van der Waals surface area contributed by atoms with Crippen molar-refractivity contribution in [2.45, 2.75) is 13.8 Å². The molecule has 0 aliphatic rings. The monoisotopic (exact) mass is 412 g/mol. The molecule has 0 saturated heterocycles. The van der Waals surface area contributed by atoms with Gasteiger partial charge in [0.2, 0.25) is 0 Å². The molecule has 0 bridgehead atoms. The lowest BCUT2D eigenvalue weighted by atomic mass is 10.1. The summed E-state index contributed by atoms with van der Waals surface area (Å²) in [5.41, 5.74) is 3.20. The van der Waals surface area contributed by atoms with E-state index in [1.165, 1.54) is 0 Å². The van der Waals surface area contributed by atoms with Gasteiger partial charge >= 0.3 is 0 Å². The summed E-state index contributed by atoms with van der Waals surface area (Å²) in [5, 5.41) is 5.95. The average Bonchev–Trinajstić information content (AvgIpc) is 2.44. The highest BCUT2D eigenvalue weighted by molar-refractivity contribution is 9.11. The number of carbonyl (C=O) groups excluding carboxylic acids is 1. The van der Waals surface area contributed by atoms with Gasteiger partial charge in [0.25, 0.3) is 5.91 Å². The van der Waals surface area contributed by atoms with E-state index in [2.05, 4.69) is 42.4 Å². The van der Waals surface area contributed by atoms with Crippen molar-refractivity contribution in [3.8, 4) is 5.75 Å². The average molecular weight is 414 g/mol. The van der Waals surface area contributed by atoms with Gasteiger partial charge in [0.1, 0.15) is 5.75 Å². The molecular weight excluding hydrogens is 400 g/mol. The molecule has 2 aromatic carbocycles. The molecule has 0 saturated carbocycles. The van der Waals surface area contributed by atoms with Gasteiger partial charge in [-0.25, -0.2) is 5.43 Å². The minimum atomic E-state index is -0.293. The largest absolute Gasteiger partial charge is 0.483 e. The lowest BCUT2D eigenvalue weighted by Crippen LogP contribution is -2.25. The van der Waals surface area contributed by atoms with Crippen LogP contribution in [0.15, 0.2) is 44.4 Å². The molecule has 0 spiro atoms. The van der Waals surface area contributed by atoms with Crippen molar-refractivity contribution in [3.63, 3.8) is 0 Å². The van der Waals surface area contributed by atoms with Crippen molar-refractivity contribution < 1.29 is 9.53 Å². The lowest BCUT2D eigenvalue weighted by molar-refractivity contribution is -0.123. The third kappa shape index (κ3) is 4.28. The minimum absolute atomic E-state index is 0.0859. The fourth-order valence-corrected chi connectivity index (χ4v) is 2.69. The van der Waals surface area contributed by atoms with Crippen LogP contribution in [0.25, 0.3) is 10.8 Å². The minimum Gasteiger partial charge on any atom is -0.483 e. The van der Waals surface area contributed by atoms with Crippen LogP contribution in [0.5, 0.6) is 5.75 Å². The molecule has 0 unspecified atom stereocenters. The van der Waals surface area contributed by atoms with Gasteiger partial charge in [0.15, 0.2) is 6.61 Å². The normalized spacial score (nSPS) is 10.3. The SMILES string of the molecule is CC(C)=NNC(=O)COc1ccc2cc(Br)ccc2c1Br. The van der Waals surface area contributed by atoms with Gasteiger partial charge < -0.3 is 4.74 Å². The molecule has 21 heavy (non-hydrogen) atoms. The molecular formula is C15H14Br2N2O2. The molecule has 0 aromatic heterocycles. The second kappa shape index (κ2) is 7.04. The van der Waals surface area contributed by atoms with Crippen LogP contribution in [0.4, 0.5) is 0 Å². The number of nitrogens with one attached hydrogen (secondary N) is 1. The van der Waals surface area contributed by atoms with Crippen LogP contribution in [-0.2, 0) is 4.79 Å². The molecule has 0 heterocycles. The van der Waals surface area contributed by atoms with Crippen LogP contribution < -0.4 is 10.2 Å². The Labute approximate surface area is 139 Å². The predicted octanol–water partition coefficient (Wildman–Crippen LogP) is 4.26. The topological polar surface area (TPSA) is 50.7 Å². The van der Waals surface area contributed by atoms with Gasteiger partial charge in [-0.2, -0.15) is 5.10 Å². The van der Waals surface area contributed by atoms with Gasteiger partial charge in [-0.3, -0.25) is 4.79 Å². The summed E-state index contributed by atoms with van der Waals surface area (Å²) in [5.74, 6) is 0.330. The van der Waals surface area contributed by atoms with Crippen LogP contribution in [0, 0.1) is 0 Å². The van der Waals surface area contributed by atoms with Crippen molar-refractivity contribution in [2.75, 3.05) is 6.61 Å². The number of nitrogens with zero attached hydrogens (tertiary/aromatic N) is 1. The fraction of sp³-hybridized carbons (Fsp3) is 0.200. The predicted molar refractivity (Wildman–Crippen MR) is 91.8 cm³/mol. The van der Waals surface area contributed by atoms with Crippen molar-refractivity contribution in [2.24, 2.45) is 5.10 Å². The third-order valence-corrected chi connectivity index (χ3v) is 3.95. The van der Waals surface area contributed by atoms with E-state index in [0.717, 1.165) is 25.4 Å². The Morgan fingerprint density at radius 2 is 2.00 bits per heavy atom. The number of hydrogen-bond donors (Lipinski definition) is 1. The molecule has 6 heteroatoms. The van der Waals surface area contributed by atoms with Gasteiger partial charge in [0, 0.05) is 10.2 Å². The first-order valence-electron chi connectivity index (χ1n) is 6.27. The second-order valence-corrected chi connectivity index (χ2v) is 6.33. The summed E-state index contributed by atoms with van der Waals surface area (Å²) in [6.45, 7) is 3.52. The number of amides is 1. The molecule has 0 atom stereocenters. The van der Waals surface area contributed by atoms with E-state index in [4.69, 9.17) is 4.74 Å².